The summed E-state index contributed by atoms with van der Waals surface area (Å²) in [7, 11) is 1.57. The summed E-state index contributed by atoms with van der Waals surface area (Å²) in [5.41, 5.74) is 0.570. The van der Waals surface area contributed by atoms with Gasteiger partial charge in [-0.3, -0.25) is 14.8 Å². The van der Waals surface area contributed by atoms with Crippen molar-refractivity contribution in [1.29, 1.82) is 0 Å². The standard InChI is InChI=1S/C16H11N5O3S2/c1-24-7-4-2-6(3-5-7)8-9-11(18-15(23)20-13(9)22)17-12-10(8)14(25)21-16(26)19-12/h2-5H,1H3,(H4,17,18,19,20,21,22,23,25,26). The van der Waals surface area contributed by atoms with Crippen LogP contribution in [0.2, 0.25) is 0 Å². The SMILES string of the molecule is COc1ccc(-c2c3c(=O)[nH]c(=O)[nH]c3nc3[nH]c(=S)[nH]c(=S)c23)cc1. The number of benzene rings is 1. The van der Waals surface area contributed by atoms with E-state index in [-0.39, 0.29) is 11.0 Å². The molecule has 0 saturated heterocycles. The third-order valence-corrected chi connectivity index (χ3v) is 4.46. The van der Waals surface area contributed by atoms with E-state index >= 15 is 0 Å². The summed E-state index contributed by atoms with van der Waals surface area (Å²) < 4.78 is 5.82. The Morgan fingerprint density at radius 1 is 0.923 bits per heavy atom. The summed E-state index contributed by atoms with van der Waals surface area (Å²) in [5, 5.41) is 0.760. The number of aromatic nitrogens is 5. The van der Waals surface area contributed by atoms with Gasteiger partial charge in [-0.2, -0.15) is 0 Å². The lowest BCUT2D eigenvalue weighted by Gasteiger charge is -2.11. The number of aromatic amines is 4. The number of hydrogen-bond acceptors (Lipinski definition) is 6. The Bertz CT molecular complexity index is 1310. The Balaban J connectivity index is 2.29. The van der Waals surface area contributed by atoms with E-state index in [1.807, 2.05) is 0 Å². The van der Waals surface area contributed by atoms with Gasteiger partial charge in [-0.15, -0.1) is 0 Å². The lowest BCUT2D eigenvalue weighted by Crippen LogP contribution is -2.23. The molecule has 0 fully saturated rings. The molecule has 4 rings (SSSR count). The molecule has 0 radical (unpaired) electrons. The summed E-state index contributed by atoms with van der Waals surface area (Å²) >= 11 is 10.5. The summed E-state index contributed by atoms with van der Waals surface area (Å²) in [6.45, 7) is 0. The van der Waals surface area contributed by atoms with Crippen LogP contribution in [0, 0.1) is 9.41 Å². The Kier molecular flexibility index (Phi) is 3.78. The van der Waals surface area contributed by atoms with E-state index in [1.54, 1.807) is 31.4 Å². The molecule has 0 aliphatic heterocycles. The molecule has 3 aromatic heterocycles. The number of methoxy groups -OCH3 is 1. The topological polar surface area (TPSA) is 119 Å². The van der Waals surface area contributed by atoms with Crippen molar-refractivity contribution >= 4 is 46.5 Å². The zero-order valence-corrected chi connectivity index (χ0v) is 14.9. The average Bonchev–Trinajstić information content (AvgIpc) is 2.59. The predicted molar refractivity (Wildman–Crippen MR) is 103 cm³/mol. The first kappa shape index (κ1) is 16.4. The molecule has 130 valence electrons. The summed E-state index contributed by atoms with van der Waals surface area (Å²) in [6, 6.07) is 7.14. The molecular weight excluding hydrogens is 374 g/mol. The number of pyridine rings is 1. The van der Waals surface area contributed by atoms with Crippen molar-refractivity contribution in [3.63, 3.8) is 0 Å². The molecule has 4 aromatic rings. The van der Waals surface area contributed by atoms with Gasteiger partial charge in [-0.25, -0.2) is 9.78 Å². The van der Waals surface area contributed by atoms with Crippen LogP contribution in [0.3, 0.4) is 0 Å². The fourth-order valence-corrected chi connectivity index (χ4v) is 3.43. The smallest absolute Gasteiger partial charge is 0.327 e. The minimum atomic E-state index is -0.644. The van der Waals surface area contributed by atoms with Gasteiger partial charge in [0.25, 0.3) is 5.56 Å². The van der Waals surface area contributed by atoms with Crippen molar-refractivity contribution < 1.29 is 4.74 Å². The maximum Gasteiger partial charge on any atom is 0.327 e. The monoisotopic (exact) mass is 385 g/mol. The first-order valence-corrected chi connectivity index (χ1v) is 8.26. The number of rotatable bonds is 2. The summed E-state index contributed by atoms with van der Waals surface area (Å²) in [6.07, 6.45) is 0. The summed E-state index contributed by atoms with van der Waals surface area (Å²) in [4.78, 5) is 39.1. The average molecular weight is 385 g/mol. The van der Waals surface area contributed by atoms with Gasteiger partial charge in [0.05, 0.1) is 17.9 Å². The lowest BCUT2D eigenvalue weighted by molar-refractivity contribution is 0.415. The van der Waals surface area contributed by atoms with E-state index < -0.39 is 11.2 Å². The highest BCUT2D eigenvalue weighted by atomic mass is 32.1. The first-order valence-electron chi connectivity index (χ1n) is 7.45. The minimum Gasteiger partial charge on any atom is -0.497 e. The van der Waals surface area contributed by atoms with Gasteiger partial charge in [0, 0.05) is 5.56 Å². The van der Waals surface area contributed by atoms with E-state index in [1.165, 1.54) is 0 Å². The van der Waals surface area contributed by atoms with Crippen LogP contribution in [0.25, 0.3) is 33.2 Å². The van der Waals surface area contributed by atoms with Crippen molar-refractivity contribution in [1.82, 2.24) is 24.9 Å². The van der Waals surface area contributed by atoms with Crippen molar-refractivity contribution in [3.05, 3.63) is 54.5 Å². The second kappa shape index (κ2) is 6.00. The maximum absolute atomic E-state index is 12.5. The lowest BCUT2D eigenvalue weighted by atomic mass is 10.00. The van der Waals surface area contributed by atoms with Crippen LogP contribution in [-0.2, 0) is 0 Å². The minimum absolute atomic E-state index is 0.142. The molecule has 4 N–H and O–H groups in total. The first-order chi connectivity index (χ1) is 12.5. The molecule has 0 atom stereocenters. The maximum atomic E-state index is 12.5. The highest BCUT2D eigenvalue weighted by Gasteiger charge is 2.17. The molecule has 0 aliphatic carbocycles. The fraction of sp³-hybridized carbons (Fsp3) is 0.0625. The predicted octanol–water partition coefficient (Wildman–Crippen LogP) is 2.56. The van der Waals surface area contributed by atoms with E-state index in [4.69, 9.17) is 29.2 Å². The molecule has 8 nitrogen and oxygen atoms in total. The van der Waals surface area contributed by atoms with E-state index in [9.17, 15) is 9.59 Å². The van der Waals surface area contributed by atoms with Gasteiger partial charge in [0.2, 0.25) is 0 Å². The highest BCUT2D eigenvalue weighted by Crippen LogP contribution is 2.32. The molecule has 10 heteroatoms. The Morgan fingerprint density at radius 3 is 2.31 bits per heavy atom. The van der Waals surface area contributed by atoms with Gasteiger partial charge >= 0.3 is 5.69 Å². The van der Waals surface area contributed by atoms with Gasteiger partial charge < -0.3 is 14.7 Å². The van der Waals surface area contributed by atoms with Crippen LogP contribution in [0.5, 0.6) is 5.75 Å². The second-order valence-electron chi connectivity index (χ2n) is 5.48. The molecule has 3 heterocycles. The number of nitrogens with zero attached hydrogens (tertiary/aromatic N) is 1. The van der Waals surface area contributed by atoms with Gasteiger partial charge in [-0.1, -0.05) is 24.4 Å². The molecule has 0 aliphatic rings. The van der Waals surface area contributed by atoms with Crippen molar-refractivity contribution in [2.45, 2.75) is 0 Å². The third kappa shape index (κ3) is 2.55. The van der Waals surface area contributed by atoms with Crippen LogP contribution < -0.4 is 16.0 Å². The molecule has 0 amide bonds. The van der Waals surface area contributed by atoms with Crippen molar-refractivity contribution in [3.8, 4) is 16.9 Å². The molecule has 26 heavy (non-hydrogen) atoms. The van der Waals surface area contributed by atoms with E-state index in [0.29, 0.717) is 37.3 Å². The number of H-pyrrole nitrogens is 4. The van der Waals surface area contributed by atoms with Crippen LogP contribution in [-0.4, -0.2) is 32.0 Å². The van der Waals surface area contributed by atoms with Crippen molar-refractivity contribution in [2.24, 2.45) is 0 Å². The van der Waals surface area contributed by atoms with Crippen LogP contribution >= 0.6 is 24.4 Å². The zero-order valence-electron chi connectivity index (χ0n) is 13.3. The van der Waals surface area contributed by atoms with Crippen molar-refractivity contribution in [2.75, 3.05) is 7.11 Å². The Labute approximate surface area is 154 Å². The third-order valence-electron chi connectivity index (χ3n) is 3.95. The molecule has 0 unspecified atom stereocenters. The zero-order chi connectivity index (χ0) is 18.4. The summed E-state index contributed by atoms with van der Waals surface area (Å²) in [5.74, 6) is 0.670. The normalized spacial score (nSPS) is 11.1. The second-order valence-corrected chi connectivity index (χ2v) is 6.30. The highest BCUT2D eigenvalue weighted by molar-refractivity contribution is 7.72. The number of ether oxygens (including phenoxy) is 1. The molecule has 0 bridgehead atoms. The van der Waals surface area contributed by atoms with Gasteiger partial charge in [0.1, 0.15) is 21.7 Å². The molecule has 0 spiro atoms. The Hall–Kier alpha value is -3.11. The van der Waals surface area contributed by atoms with Crippen LogP contribution in [0.4, 0.5) is 0 Å². The Morgan fingerprint density at radius 2 is 1.62 bits per heavy atom. The largest absolute Gasteiger partial charge is 0.497 e. The number of hydrogen-bond donors (Lipinski definition) is 4. The fourth-order valence-electron chi connectivity index (χ4n) is 2.86. The van der Waals surface area contributed by atoms with Gasteiger partial charge in [0.15, 0.2) is 4.77 Å². The van der Waals surface area contributed by atoms with Gasteiger partial charge in [-0.05, 0) is 29.9 Å². The quantitative estimate of drug-likeness (QED) is 0.311. The molecule has 0 saturated carbocycles. The molecule has 1 aromatic carbocycles. The van der Waals surface area contributed by atoms with Crippen LogP contribution in [0.15, 0.2) is 33.9 Å². The number of nitrogens with one attached hydrogen (secondary N) is 4. The molecular formula is C16H11N5O3S2. The van der Waals surface area contributed by atoms with E-state index in [2.05, 4.69) is 24.9 Å². The van der Waals surface area contributed by atoms with Crippen LogP contribution in [0.1, 0.15) is 0 Å². The number of fused-ring (bicyclic) bond motifs is 2. The van der Waals surface area contributed by atoms with E-state index in [0.717, 1.165) is 0 Å².